The number of amides is 2. The molecule has 0 aliphatic carbocycles. The molecule has 2 amide bonds. The molecule has 8 nitrogen and oxygen atoms in total. The average Bonchev–Trinajstić information content (AvgIpc) is 3.24. The third-order valence-electron chi connectivity index (χ3n) is 5.90. The first-order chi connectivity index (χ1) is 17.6. The van der Waals surface area contributed by atoms with Gasteiger partial charge in [-0.05, 0) is 60.7 Å². The Bertz CT molecular complexity index is 1250. The summed E-state index contributed by atoms with van der Waals surface area (Å²) < 4.78 is 11.0. The maximum absolute atomic E-state index is 12.7. The van der Waals surface area contributed by atoms with Gasteiger partial charge in [0.1, 0.15) is 16.8 Å². The predicted octanol–water partition coefficient (Wildman–Crippen LogP) is 4.72. The van der Waals surface area contributed by atoms with Gasteiger partial charge in [-0.2, -0.15) is 5.26 Å². The van der Waals surface area contributed by atoms with Crippen molar-refractivity contribution in [2.75, 3.05) is 25.1 Å². The van der Waals surface area contributed by atoms with Crippen LogP contribution in [0.25, 0.3) is 0 Å². The van der Waals surface area contributed by atoms with E-state index in [1.54, 1.807) is 17.3 Å². The molecule has 36 heavy (non-hydrogen) atoms. The summed E-state index contributed by atoms with van der Waals surface area (Å²) >= 11 is 1.36. The maximum Gasteiger partial charge on any atom is 0.410 e. The van der Waals surface area contributed by atoms with Crippen LogP contribution >= 0.6 is 11.3 Å². The largest absolute Gasteiger partial charge is 0.494 e. The highest BCUT2D eigenvalue weighted by molar-refractivity contribution is 7.16. The molecule has 4 rings (SSSR count). The molecule has 1 N–H and O–H groups in total. The Balaban J connectivity index is 1.32. The molecule has 186 valence electrons. The number of thiophene rings is 1. The van der Waals surface area contributed by atoms with Crippen LogP contribution in [0.15, 0.2) is 48.8 Å². The van der Waals surface area contributed by atoms with E-state index in [4.69, 9.17) is 9.47 Å². The van der Waals surface area contributed by atoms with Crippen LogP contribution in [0.2, 0.25) is 0 Å². The molecule has 1 aromatic carbocycles. The summed E-state index contributed by atoms with van der Waals surface area (Å²) in [6.45, 7) is 3.64. The van der Waals surface area contributed by atoms with Crippen molar-refractivity contribution in [1.82, 2.24) is 9.88 Å². The number of carbonyl (C=O) groups excluding carboxylic acids is 2. The summed E-state index contributed by atoms with van der Waals surface area (Å²) in [5.74, 6) is 0.632. The van der Waals surface area contributed by atoms with Crippen LogP contribution in [-0.2, 0) is 35.3 Å². The van der Waals surface area contributed by atoms with E-state index in [9.17, 15) is 14.9 Å². The lowest BCUT2D eigenvalue weighted by Crippen LogP contribution is -2.36. The van der Waals surface area contributed by atoms with Crippen molar-refractivity contribution < 1.29 is 19.1 Å². The van der Waals surface area contributed by atoms with E-state index >= 15 is 0 Å². The van der Waals surface area contributed by atoms with Gasteiger partial charge in [0.15, 0.2) is 0 Å². The number of nitrogens with one attached hydrogen (secondary N) is 1. The second-order valence-electron chi connectivity index (χ2n) is 8.34. The molecule has 9 heteroatoms. The monoisotopic (exact) mass is 504 g/mol. The third-order valence-corrected chi connectivity index (χ3v) is 7.03. The molecule has 3 aromatic rings. The van der Waals surface area contributed by atoms with Gasteiger partial charge >= 0.3 is 6.09 Å². The van der Waals surface area contributed by atoms with Crippen molar-refractivity contribution in [3.05, 3.63) is 75.9 Å². The van der Waals surface area contributed by atoms with Gasteiger partial charge in [0.2, 0.25) is 5.91 Å². The topological polar surface area (TPSA) is 105 Å². The minimum atomic E-state index is -0.374. The molecule has 0 atom stereocenters. The smallest absolute Gasteiger partial charge is 0.410 e. The first-order valence-corrected chi connectivity index (χ1v) is 12.8. The van der Waals surface area contributed by atoms with Gasteiger partial charge in [0, 0.05) is 36.7 Å². The SMILES string of the molecule is CCOc1cccc(CCC(=O)Nc2sc3c(c2C#N)CCN(C(=O)OCCc2ccncc2)C3)c1. The Labute approximate surface area is 214 Å². The number of carbonyl (C=O) groups is 2. The zero-order valence-corrected chi connectivity index (χ0v) is 21.0. The van der Waals surface area contributed by atoms with Crippen LogP contribution in [0, 0.1) is 11.3 Å². The molecule has 0 fully saturated rings. The Morgan fingerprint density at radius 1 is 1.19 bits per heavy atom. The van der Waals surface area contributed by atoms with E-state index in [2.05, 4.69) is 16.4 Å². The molecule has 1 aliphatic rings. The highest BCUT2D eigenvalue weighted by Gasteiger charge is 2.28. The number of fused-ring (bicyclic) bond motifs is 1. The van der Waals surface area contributed by atoms with Crippen LogP contribution in [0.1, 0.15) is 40.5 Å². The first kappa shape index (κ1) is 25.2. The van der Waals surface area contributed by atoms with Gasteiger partial charge in [-0.3, -0.25) is 9.78 Å². The second-order valence-corrected chi connectivity index (χ2v) is 9.44. The van der Waals surface area contributed by atoms with Gasteiger partial charge in [-0.15, -0.1) is 11.3 Å². The number of aromatic nitrogens is 1. The van der Waals surface area contributed by atoms with E-state index < -0.39 is 0 Å². The molecule has 0 saturated carbocycles. The quantitative estimate of drug-likeness (QED) is 0.452. The standard InChI is InChI=1S/C27H28N4O4S/c1-2-34-21-5-3-4-20(16-21)6-7-25(32)30-26-23(17-28)22-10-14-31(18-24(22)36-26)27(33)35-15-11-19-8-12-29-13-9-19/h3-5,8-9,12-13,16H,2,6-7,10-11,14-15,18H2,1H3,(H,30,32). The molecular weight excluding hydrogens is 476 g/mol. The second kappa shape index (κ2) is 12.2. The summed E-state index contributed by atoms with van der Waals surface area (Å²) in [5, 5.41) is 13.2. The minimum absolute atomic E-state index is 0.153. The van der Waals surface area contributed by atoms with Crippen molar-refractivity contribution in [1.29, 1.82) is 5.26 Å². The normalized spacial score (nSPS) is 12.4. The number of aryl methyl sites for hydroxylation is 1. The highest BCUT2D eigenvalue weighted by atomic mass is 32.1. The van der Waals surface area contributed by atoms with Crippen LogP contribution in [-0.4, -0.2) is 41.6 Å². The van der Waals surface area contributed by atoms with Gasteiger partial charge < -0.3 is 19.7 Å². The molecule has 3 heterocycles. The molecular formula is C27H28N4O4S. The van der Waals surface area contributed by atoms with Crippen LogP contribution in [0.3, 0.4) is 0 Å². The fourth-order valence-corrected chi connectivity index (χ4v) is 5.30. The Kier molecular flexibility index (Phi) is 8.53. The van der Waals surface area contributed by atoms with Crippen LogP contribution < -0.4 is 10.1 Å². The van der Waals surface area contributed by atoms with E-state index in [-0.39, 0.29) is 18.6 Å². The number of benzene rings is 1. The number of ether oxygens (including phenoxy) is 2. The summed E-state index contributed by atoms with van der Waals surface area (Å²) in [4.78, 5) is 31.8. The molecule has 0 saturated heterocycles. The number of pyridine rings is 1. The molecule has 0 spiro atoms. The van der Waals surface area contributed by atoms with E-state index in [0.29, 0.717) is 55.9 Å². The Hall–Kier alpha value is -3.90. The average molecular weight is 505 g/mol. The lowest BCUT2D eigenvalue weighted by Gasteiger charge is -2.26. The molecule has 0 bridgehead atoms. The van der Waals surface area contributed by atoms with Gasteiger partial charge in [0.25, 0.3) is 0 Å². The van der Waals surface area contributed by atoms with Gasteiger partial charge in [0.05, 0.1) is 25.3 Å². The van der Waals surface area contributed by atoms with Crippen molar-refractivity contribution in [3.8, 4) is 11.8 Å². The lowest BCUT2D eigenvalue weighted by atomic mass is 10.0. The maximum atomic E-state index is 12.7. The summed E-state index contributed by atoms with van der Waals surface area (Å²) in [6, 6.07) is 13.7. The first-order valence-electron chi connectivity index (χ1n) is 11.9. The summed E-state index contributed by atoms with van der Waals surface area (Å²) in [7, 11) is 0. The van der Waals surface area contributed by atoms with E-state index in [1.165, 1.54) is 11.3 Å². The predicted molar refractivity (Wildman–Crippen MR) is 137 cm³/mol. The summed E-state index contributed by atoms with van der Waals surface area (Å²) in [5.41, 5.74) is 3.47. The number of anilines is 1. The van der Waals surface area contributed by atoms with Crippen LogP contribution in [0.4, 0.5) is 9.80 Å². The van der Waals surface area contributed by atoms with E-state index in [0.717, 1.165) is 27.3 Å². The van der Waals surface area contributed by atoms with E-state index in [1.807, 2.05) is 43.3 Å². The Morgan fingerprint density at radius 3 is 2.81 bits per heavy atom. The third kappa shape index (κ3) is 6.40. The van der Waals surface area contributed by atoms with Crippen molar-refractivity contribution in [2.45, 2.75) is 39.2 Å². The minimum Gasteiger partial charge on any atom is -0.494 e. The van der Waals surface area contributed by atoms with Crippen LogP contribution in [0.5, 0.6) is 5.75 Å². The molecule has 0 unspecified atom stereocenters. The number of hydrogen-bond acceptors (Lipinski definition) is 7. The Morgan fingerprint density at radius 2 is 2.03 bits per heavy atom. The zero-order chi connectivity index (χ0) is 25.3. The zero-order valence-electron chi connectivity index (χ0n) is 20.2. The number of hydrogen-bond donors (Lipinski definition) is 1. The van der Waals surface area contributed by atoms with Gasteiger partial charge in [-0.1, -0.05) is 12.1 Å². The molecule has 0 radical (unpaired) electrons. The number of nitrogens with zero attached hydrogens (tertiary/aromatic N) is 3. The molecule has 2 aromatic heterocycles. The fourth-order valence-electron chi connectivity index (χ4n) is 4.07. The lowest BCUT2D eigenvalue weighted by molar-refractivity contribution is -0.116. The number of nitriles is 1. The van der Waals surface area contributed by atoms with Gasteiger partial charge in [-0.25, -0.2) is 4.79 Å². The number of rotatable bonds is 9. The van der Waals surface area contributed by atoms with Crippen molar-refractivity contribution in [3.63, 3.8) is 0 Å². The van der Waals surface area contributed by atoms with Crippen molar-refractivity contribution >= 4 is 28.3 Å². The fraction of sp³-hybridized carbons (Fsp3) is 0.333. The van der Waals surface area contributed by atoms with Crippen molar-refractivity contribution in [2.24, 2.45) is 0 Å². The summed E-state index contributed by atoms with van der Waals surface area (Å²) in [6.07, 6.45) is 5.08. The highest BCUT2D eigenvalue weighted by Crippen LogP contribution is 2.37. The molecule has 1 aliphatic heterocycles.